The second kappa shape index (κ2) is 8.95. The van der Waals surface area contributed by atoms with Crippen LogP contribution in [0.5, 0.6) is 0 Å². The second-order valence-electron chi connectivity index (χ2n) is 5.90. The molecule has 0 heterocycles. The minimum Gasteiger partial charge on any atom is -0.388 e. The van der Waals surface area contributed by atoms with Gasteiger partial charge in [-0.05, 0) is 41.8 Å². The van der Waals surface area contributed by atoms with Gasteiger partial charge in [-0.2, -0.15) is 5.26 Å². The molecule has 1 amide bonds. The monoisotopic (exact) mass is 340 g/mol. The number of benzene rings is 2. The lowest BCUT2D eigenvalue weighted by Gasteiger charge is -2.24. The van der Waals surface area contributed by atoms with Gasteiger partial charge in [-0.3, -0.25) is 4.79 Å². The molecular formula is C20H21FN2O2. The molecule has 130 valence electrons. The highest BCUT2D eigenvalue weighted by Crippen LogP contribution is 2.19. The average Bonchev–Trinajstić information content (AvgIpc) is 2.62. The molecule has 2 aromatic rings. The third-order valence-electron chi connectivity index (χ3n) is 3.90. The Labute approximate surface area is 147 Å². The molecule has 25 heavy (non-hydrogen) atoms. The molecule has 5 heteroatoms. The van der Waals surface area contributed by atoms with Crippen LogP contribution in [0.3, 0.4) is 0 Å². The Hall–Kier alpha value is -2.71. The second-order valence-corrected chi connectivity index (χ2v) is 5.90. The lowest BCUT2D eigenvalue weighted by molar-refractivity contribution is -0.134. The summed E-state index contributed by atoms with van der Waals surface area (Å²) >= 11 is 0. The normalized spacial score (nSPS) is 11.6. The van der Waals surface area contributed by atoms with E-state index in [1.165, 1.54) is 18.2 Å². The van der Waals surface area contributed by atoms with E-state index in [-0.39, 0.29) is 12.3 Å². The molecule has 0 saturated carbocycles. The molecule has 1 N–H and O–H groups in total. The number of hydrogen-bond acceptors (Lipinski definition) is 3. The smallest absolute Gasteiger partial charge is 0.225 e. The van der Waals surface area contributed by atoms with E-state index in [4.69, 9.17) is 5.26 Å². The zero-order valence-corrected chi connectivity index (χ0v) is 14.2. The van der Waals surface area contributed by atoms with Crippen molar-refractivity contribution in [2.24, 2.45) is 0 Å². The van der Waals surface area contributed by atoms with Gasteiger partial charge < -0.3 is 10.0 Å². The Morgan fingerprint density at radius 3 is 2.60 bits per heavy atom. The van der Waals surface area contributed by atoms with Crippen molar-refractivity contribution < 1.29 is 14.3 Å². The molecule has 2 aromatic carbocycles. The number of nitriles is 1. The third-order valence-corrected chi connectivity index (χ3v) is 3.90. The van der Waals surface area contributed by atoms with Gasteiger partial charge in [0.1, 0.15) is 5.82 Å². The van der Waals surface area contributed by atoms with Crippen LogP contribution >= 0.6 is 0 Å². The van der Waals surface area contributed by atoms with Crippen LogP contribution in [0.15, 0.2) is 48.5 Å². The van der Waals surface area contributed by atoms with E-state index < -0.39 is 11.9 Å². The Morgan fingerprint density at radius 1 is 1.28 bits per heavy atom. The van der Waals surface area contributed by atoms with E-state index in [1.807, 2.05) is 19.1 Å². The first kappa shape index (κ1) is 18.6. The van der Waals surface area contributed by atoms with Crippen molar-refractivity contribution in [3.63, 3.8) is 0 Å². The molecule has 0 aliphatic heterocycles. The fraction of sp³-hybridized carbons (Fsp3) is 0.300. The average molecular weight is 340 g/mol. The molecular weight excluding hydrogens is 319 g/mol. The SMILES string of the molecule is CCCN(Cc1ccc(C#N)cc1)C(=O)CC(O)c1cccc(F)c1. The van der Waals surface area contributed by atoms with Crippen LogP contribution in [0, 0.1) is 17.1 Å². The van der Waals surface area contributed by atoms with Crippen molar-refractivity contribution in [3.05, 3.63) is 71.0 Å². The zero-order chi connectivity index (χ0) is 18.2. The van der Waals surface area contributed by atoms with Crippen LogP contribution in [0.2, 0.25) is 0 Å². The van der Waals surface area contributed by atoms with E-state index in [0.29, 0.717) is 24.2 Å². The zero-order valence-electron chi connectivity index (χ0n) is 14.2. The van der Waals surface area contributed by atoms with Crippen molar-refractivity contribution in [2.75, 3.05) is 6.54 Å². The van der Waals surface area contributed by atoms with E-state index in [2.05, 4.69) is 6.07 Å². The van der Waals surface area contributed by atoms with Crippen molar-refractivity contribution in [1.82, 2.24) is 4.90 Å². The fourth-order valence-corrected chi connectivity index (χ4v) is 2.59. The third kappa shape index (κ3) is 5.40. The maximum absolute atomic E-state index is 13.3. The number of carbonyl (C=O) groups excluding carboxylic acids is 1. The molecule has 0 fully saturated rings. The van der Waals surface area contributed by atoms with Gasteiger partial charge in [0.25, 0.3) is 0 Å². The van der Waals surface area contributed by atoms with Gasteiger partial charge >= 0.3 is 0 Å². The summed E-state index contributed by atoms with van der Waals surface area (Å²) in [6.45, 7) is 2.95. The molecule has 4 nitrogen and oxygen atoms in total. The van der Waals surface area contributed by atoms with Gasteiger partial charge in [-0.1, -0.05) is 31.2 Å². The van der Waals surface area contributed by atoms with Crippen LogP contribution in [-0.2, 0) is 11.3 Å². The van der Waals surface area contributed by atoms with Crippen molar-refractivity contribution in [3.8, 4) is 6.07 Å². The van der Waals surface area contributed by atoms with Gasteiger partial charge in [0.15, 0.2) is 0 Å². The maximum atomic E-state index is 13.3. The number of amides is 1. The van der Waals surface area contributed by atoms with Crippen molar-refractivity contribution >= 4 is 5.91 Å². The Bertz CT molecular complexity index is 753. The number of aliphatic hydroxyl groups is 1. The summed E-state index contributed by atoms with van der Waals surface area (Å²) in [4.78, 5) is 14.2. The predicted molar refractivity (Wildman–Crippen MR) is 92.8 cm³/mol. The molecule has 0 spiro atoms. The number of aliphatic hydroxyl groups excluding tert-OH is 1. The molecule has 0 aliphatic rings. The first-order valence-corrected chi connectivity index (χ1v) is 8.23. The molecule has 1 unspecified atom stereocenters. The number of rotatable bonds is 7. The minimum absolute atomic E-state index is 0.0975. The quantitative estimate of drug-likeness (QED) is 0.838. The van der Waals surface area contributed by atoms with Gasteiger partial charge in [0.05, 0.1) is 24.2 Å². The van der Waals surface area contributed by atoms with Gasteiger partial charge in [0.2, 0.25) is 5.91 Å². The number of hydrogen-bond donors (Lipinski definition) is 1. The highest BCUT2D eigenvalue weighted by Gasteiger charge is 2.19. The molecule has 0 aromatic heterocycles. The highest BCUT2D eigenvalue weighted by molar-refractivity contribution is 5.77. The Balaban J connectivity index is 2.05. The largest absolute Gasteiger partial charge is 0.388 e. The van der Waals surface area contributed by atoms with E-state index in [1.54, 1.807) is 23.1 Å². The minimum atomic E-state index is -1.04. The van der Waals surface area contributed by atoms with Crippen LogP contribution in [0.1, 0.15) is 42.6 Å². The molecule has 2 rings (SSSR count). The first-order chi connectivity index (χ1) is 12.0. The van der Waals surface area contributed by atoms with Gasteiger partial charge in [0, 0.05) is 13.1 Å². The standard InChI is InChI=1S/C20H21FN2O2/c1-2-10-23(14-16-8-6-15(13-22)7-9-16)20(25)12-19(24)17-4-3-5-18(21)11-17/h3-9,11,19,24H,2,10,12,14H2,1H3. The lowest BCUT2D eigenvalue weighted by atomic mass is 10.1. The molecule has 0 radical (unpaired) electrons. The lowest BCUT2D eigenvalue weighted by Crippen LogP contribution is -2.32. The number of carbonyl (C=O) groups is 1. The van der Waals surface area contributed by atoms with Gasteiger partial charge in [-0.15, -0.1) is 0 Å². The number of nitrogens with zero attached hydrogens (tertiary/aromatic N) is 2. The summed E-state index contributed by atoms with van der Waals surface area (Å²) in [6, 6.07) is 14.8. The Morgan fingerprint density at radius 2 is 2.00 bits per heavy atom. The molecule has 0 aliphatic carbocycles. The summed E-state index contributed by atoms with van der Waals surface area (Å²) in [5.74, 6) is -0.630. The van der Waals surface area contributed by atoms with Crippen LogP contribution in [0.4, 0.5) is 4.39 Å². The summed E-state index contributed by atoms with van der Waals surface area (Å²) < 4.78 is 13.3. The highest BCUT2D eigenvalue weighted by atomic mass is 19.1. The van der Waals surface area contributed by atoms with E-state index in [9.17, 15) is 14.3 Å². The van der Waals surface area contributed by atoms with E-state index in [0.717, 1.165) is 12.0 Å². The fourth-order valence-electron chi connectivity index (χ4n) is 2.59. The summed E-state index contributed by atoms with van der Waals surface area (Å²) in [6.07, 6.45) is -0.346. The number of halogens is 1. The molecule has 1 atom stereocenters. The molecule has 0 saturated heterocycles. The maximum Gasteiger partial charge on any atom is 0.225 e. The summed E-state index contributed by atoms with van der Waals surface area (Å²) in [7, 11) is 0. The predicted octanol–water partition coefficient (Wildman–Crippen LogP) is 3.56. The van der Waals surface area contributed by atoms with Crippen LogP contribution in [0.25, 0.3) is 0 Å². The summed E-state index contributed by atoms with van der Waals surface area (Å²) in [5, 5.41) is 19.1. The first-order valence-electron chi connectivity index (χ1n) is 8.23. The topological polar surface area (TPSA) is 64.3 Å². The van der Waals surface area contributed by atoms with Crippen molar-refractivity contribution in [1.29, 1.82) is 5.26 Å². The van der Waals surface area contributed by atoms with Gasteiger partial charge in [-0.25, -0.2) is 4.39 Å². The Kier molecular flexibility index (Phi) is 6.67. The summed E-state index contributed by atoms with van der Waals surface area (Å²) in [5.41, 5.74) is 1.88. The van der Waals surface area contributed by atoms with Crippen LogP contribution < -0.4 is 0 Å². The molecule has 0 bridgehead atoms. The van der Waals surface area contributed by atoms with Crippen molar-refractivity contribution in [2.45, 2.75) is 32.4 Å². The van der Waals surface area contributed by atoms with E-state index >= 15 is 0 Å². The van der Waals surface area contributed by atoms with Crippen LogP contribution in [-0.4, -0.2) is 22.5 Å².